The molecule has 10 nitrogen and oxygen atoms in total. The van der Waals surface area contributed by atoms with Crippen LogP contribution < -0.4 is 15.0 Å². The number of hydrogen-bond acceptors (Lipinski definition) is 9. The molecule has 1 aromatic carbocycles. The topological polar surface area (TPSA) is 124 Å². The summed E-state index contributed by atoms with van der Waals surface area (Å²) in [6.07, 6.45) is 5.46. The summed E-state index contributed by atoms with van der Waals surface area (Å²) in [5.74, 6) is 2.76. The van der Waals surface area contributed by atoms with Crippen molar-refractivity contribution in [2.24, 2.45) is 5.92 Å². The highest BCUT2D eigenvalue weighted by Gasteiger charge is 2.58. The lowest BCUT2D eigenvalue weighted by Crippen LogP contribution is -2.55. The van der Waals surface area contributed by atoms with Crippen LogP contribution in [-0.2, 0) is 33.1 Å². The Bertz CT molecular complexity index is 1860. The number of hydrogen-bond donors (Lipinski definition) is 1. The molecule has 4 aromatic rings. The van der Waals surface area contributed by atoms with Crippen LogP contribution in [0.15, 0.2) is 59.6 Å². The molecule has 5 heterocycles. The summed E-state index contributed by atoms with van der Waals surface area (Å²) in [7, 11) is -3.51. The van der Waals surface area contributed by atoms with E-state index in [0.29, 0.717) is 24.4 Å². The molecule has 0 saturated heterocycles. The number of amides is 1. The second-order valence-electron chi connectivity index (χ2n) is 11.7. The number of nitrogens with zero attached hydrogens (tertiary/aromatic N) is 4. The zero-order valence-electron chi connectivity index (χ0n) is 22.9. The second kappa shape index (κ2) is 9.47. The van der Waals surface area contributed by atoms with Gasteiger partial charge in [-0.05, 0) is 73.2 Å². The molecule has 0 radical (unpaired) electrons. The van der Waals surface area contributed by atoms with E-state index in [1.54, 1.807) is 18.3 Å². The van der Waals surface area contributed by atoms with Gasteiger partial charge < -0.3 is 19.7 Å². The third-order valence-corrected chi connectivity index (χ3v) is 10.7. The van der Waals surface area contributed by atoms with Crippen molar-refractivity contribution in [2.45, 2.75) is 42.7 Å². The smallest absolute Gasteiger partial charge is 0.251 e. The zero-order chi connectivity index (χ0) is 28.5. The van der Waals surface area contributed by atoms with Crippen molar-refractivity contribution in [2.75, 3.05) is 30.4 Å². The number of aromatic nitrogens is 3. The Labute approximate surface area is 243 Å². The fourth-order valence-electron chi connectivity index (χ4n) is 6.54. The Morgan fingerprint density at radius 2 is 1.93 bits per heavy atom. The molecule has 214 valence electrons. The molecule has 3 fully saturated rings. The van der Waals surface area contributed by atoms with Crippen LogP contribution in [-0.4, -0.2) is 54.8 Å². The van der Waals surface area contributed by atoms with Crippen LogP contribution in [0.25, 0.3) is 10.9 Å². The van der Waals surface area contributed by atoms with E-state index >= 15 is 0 Å². The summed E-state index contributed by atoms with van der Waals surface area (Å²) in [4.78, 5) is 29.8. The van der Waals surface area contributed by atoms with Gasteiger partial charge in [-0.2, -0.15) is 0 Å². The SMILES string of the molecule is O=C(NCc1cc2nc(N3CCOc4ccc(C56CC(C5)C6)nc43)ccc2cn1)c1ccc2c(c1)S(=O)(=O)CCOC2. The monoisotopic (exact) mass is 583 g/mol. The number of anilines is 2. The van der Waals surface area contributed by atoms with E-state index in [1.165, 1.54) is 25.3 Å². The average Bonchev–Trinajstić information content (AvgIpc) is 3.10. The van der Waals surface area contributed by atoms with Gasteiger partial charge in [0, 0.05) is 28.3 Å². The van der Waals surface area contributed by atoms with Gasteiger partial charge in [-0.1, -0.05) is 6.07 Å². The minimum absolute atomic E-state index is 0.102. The normalized spacial score (nSPS) is 23.4. The number of pyridine rings is 3. The maximum absolute atomic E-state index is 13.0. The highest BCUT2D eigenvalue weighted by atomic mass is 32.2. The second-order valence-corrected chi connectivity index (χ2v) is 13.8. The first-order valence-electron chi connectivity index (χ1n) is 14.3. The van der Waals surface area contributed by atoms with E-state index in [-0.39, 0.29) is 47.3 Å². The molecule has 2 bridgehead atoms. The molecule has 5 aliphatic rings. The third-order valence-electron chi connectivity index (χ3n) is 8.99. The fourth-order valence-corrected chi connectivity index (χ4v) is 7.93. The lowest BCUT2D eigenvalue weighted by molar-refractivity contribution is -0.0308. The number of ether oxygens (including phenoxy) is 2. The molecule has 9 rings (SSSR count). The Hall–Kier alpha value is -4.09. The van der Waals surface area contributed by atoms with Crippen molar-refractivity contribution in [3.8, 4) is 5.75 Å². The summed E-state index contributed by atoms with van der Waals surface area (Å²) in [5, 5.41) is 3.75. The van der Waals surface area contributed by atoms with Crippen molar-refractivity contribution in [3.63, 3.8) is 0 Å². The summed E-state index contributed by atoms with van der Waals surface area (Å²) < 4.78 is 36.5. The quantitative estimate of drug-likeness (QED) is 0.373. The molecular formula is C31H29N5O5S. The number of rotatable bonds is 5. The van der Waals surface area contributed by atoms with Gasteiger partial charge >= 0.3 is 0 Å². The molecular weight excluding hydrogens is 554 g/mol. The minimum Gasteiger partial charge on any atom is -0.488 e. The predicted molar refractivity (Wildman–Crippen MR) is 155 cm³/mol. The van der Waals surface area contributed by atoms with Crippen LogP contribution in [0.1, 0.15) is 46.6 Å². The van der Waals surface area contributed by atoms with Crippen LogP contribution in [0.5, 0.6) is 5.75 Å². The summed E-state index contributed by atoms with van der Waals surface area (Å²) >= 11 is 0. The lowest BCUT2D eigenvalue weighted by atomic mass is 9.43. The van der Waals surface area contributed by atoms with E-state index in [1.807, 2.05) is 24.3 Å². The molecule has 42 heavy (non-hydrogen) atoms. The van der Waals surface area contributed by atoms with Crippen molar-refractivity contribution in [1.29, 1.82) is 0 Å². The Balaban J connectivity index is 1.03. The van der Waals surface area contributed by atoms with Crippen molar-refractivity contribution in [1.82, 2.24) is 20.3 Å². The minimum atomic E-state index is -3.51. The predicted octanol–water partition coefficient (Wildman–Crippen LogP) is 3.84. The highest BCUT2D eigenvalue weighted by Crippen LogP contribution is 2.65. The van der Waals surface area contributed by atoms with Gasteiger partial charge in [0.25, 0.3) is 5.91 Å². The van der Waals surface area contributed by atoms with Crippen molar-refractivity contribution in [3.05, 3.63) is 77.2 Å². The maximum Gasteiger partial charge on any atom is 0.251 e. The van der Waals surface area contributed by atoms with Crippen LogP contribution in [0, 0.1) is 5.92 Å². The number of sulfone groups is 1. The molecule has 3 saturated carbocycles. The van der Waals surface area contributed by atoms with Crippen LogP contribution in [0.4, 0.5) is 11.6 Å². The zero-order valence-corrected chi connectivity index (χ0v) is 23.7. The summed E-state index contributed by atoms with van der Waals surface area (Å²) in [5.41, 5.74) is 3.65. The lowest BCUT2D eigenvalue weighted by Gasteiger charge is -2.61. The van der Waals surface area contributed by atoms with Gasteiger partial charge in [-0.25, -0.2) is 18.4 Å². The first kappa shape index (κ1) is 25.6. The Kier molecular flexibility index (Phi) is 5.77. The number of fused-ring (bicyclic) bond motifs is 3. The largest absolute Gasteiger partial charge is 0.488 e. The molecule has 11 heteroatoms. The standard InChI is InChI=1S/C31H29N5O5S/c37-30(20-1-2-22-18-40-9-10-42(38,39)26(22)11-20)33-17-23-12-24-21(16-32-23)3-6-28(34-24)36-7-8-41-25-4-5-27(35-29(25)36)31-13-19(14-31)15-31/h1-6,11-12,16,19H,7-10,13-15,17-18H2,(H,33,37). The van der Waals surface area contributed by atoms with E-state index in [9.17, 15) is 13.2 Å². The summed E-state index contributed by atoms with van der Waals surface area (Å²) in [6, 6.07) is 14.7. The highest BCUT2D eigenvalue weighted by molar-refractivity contribution is 7.91. The van der Waals surface area contributed by atoms with E-state index < -0.39 is 9.84 Å². The molecule has 1 N–H and O–H groups in total. The van der Waals surface area contributed by atoms with Gasteiger partial charge in [0.1, 0.15) is 12.4 Å². The van der Waals surface area contributed by atoms with Crippen LogP contribution in [0.3, 0.4) is 0 Å². The molecule has 0 spiro atoms. The molecule has 0 atom stereocenters. The van der Waals surface area contributed by atoms with E-state index in [2.05, 4.69) is 21.3 Å². The molecule has 3 aliphatic carbocycles. The van der Waals surface area contributed by atoms with E-state index in [0.717, 1.165) is 39.9 Å². The Morgan fingerprint density at radius 3 is 2.76 bits per heavy atom. The first-order chi connectivity index (χ1) is 20.4. The molecule has 3 aromatic heterocycles. The summed E-state index contributed by atoms with van der Waals surface area (Å²) in [6.45, 7) is 1.71. The van der Waals surface area contributed by atoms with Gasteiger partial charge in [0.15, 0.2) is 21.4 Å². The van der Waals surface area contributed by atoms with Crippen LogP contribution in [0.2, 0.25) is 0 Å². The van der Waals surface area contributed by atoms with Gasteiger partial charge in [-0.3, -0.25) is 9.78 Å². The number of carbonyl (C=O) groups is 1. The molecule has 1 amide bonds. The van der Waals surface area contributed by atoms with Crippen molar-refractivity contribution < 1.29 is 22.7 Å². The Morgan fingerprint density at radius 1 is 1.05 bits per heavy atom. The van der Waals surface area contributed by atoms with Gasteiger partial charge in [0.2, 0.25) is 0 Å². The molecule has 0 unspecified atom stereocenters. The number of benzene rings is 1. The van der Waals surface area contributed by atoms with E-state index in [4.69, 9.17) is 19.4 Å². The fraction of sp³-hybridized carbons (Fsp3) is 0.355. The van der Waals surface area contributed by atoms with Crippen LogP contribution >= 0.6 is 0 Å². The van der Waals surface area contributed by atoms with Gasteiger partial charge in [0.05, 0.1) is 48.2 Å². The average molecular weight is 584 g/mol. The van der Waals surface area contributed by atoms with Crippen molar-refractivity contribution >= 4 is 38.3 Å². The number of carbonyl (C=O) groups excluding carboxylic acids is 1. The number of nitrogens with one attached hydrogen (secondary N) is 1. The molecule has 2 aliphatic heterocycles. The maximum atomic E-state index is 13.0. The van der Waals surface area contributed by atoms with Gasteiger partial charge in [-0.15, -0.1) is 0 Å². The first-order valence-corrected chi connectivity index (χ1v) is 15.9. The third kappa shape index (κ3) is 4.21.